The van der Waals surface area contributed by atoms with Gasteiger partial charge in [0.15, 0.2) is 11.7 Å². The molecule has 2 aromatic rings. The minimum atomic E-state index is 0.381. The van der Waals surface area contributed by atoms with Crippen LogP contribution in [-0.4, -0.2) is 53.6 Å². The van der Waals surface area contributed by atoms with Crippen LogP contribution in [0.4, 0.5) is 5.69 Å². The summed E-state index contributed by atoms with van der Waals surface area (Å²) < 4.78 is 5.23. The quantitative estimate of drug-likeness (QED) is 0.843. The maximum atomic E-state index is 6.11. The second-order valence-electron chi connectivity index (χ2n) is 6.20. The summed E-state index contributed by atoms with van der Waals surface area (Å²) >= 11 is 6.11. The summed E-state index contributed by atoms with van der Waals surface area (Å²) in [5, 5.41) is 3.96. The van der Waals surface area contributed by atoms with Crippen LogP contribution in [-0.2, 0) is 0 Å². The number of anilines is 1. The summed E-state index contributed by atoms with van der Waals surface area (Å²) in [6.07, 6.45) is 4.49. The summed E-state index contributed by atoms with van der Waals surface area (Å²) in [7, 11) is 1.60. The number of piperidine rings is 1. The van der Waals surface area contributed by atoms with Crippen molar-refractivity contribution in [1.29, 1.82) is 0 Å². The Morgan fingerprint density at radius 1 is 1.28 bits per heavy atom. The number of halogens is 1. The van der Waals surface area contributed by atoms with E-state index in [0.29, 0.717) is 28.8 Å². The number of hydrogen-bond acceptors (Lipinski definition) is 7. The molecule has 1 N–H and O–H groups in total. The number of methoxy groups -OCH3 is 1. The Morgan fingerprint density at radius 2 is 2.12 bits per heavy atom. The first-order valence-corrected chi connectivity index (χ1v) is 8.65. The topological polar surface area (TPSA) is 75.5 Å². The van der Waals surface area contributed by atoms with E-state index in [-0.39, 0.29) is 0 Å². The molecule has 130 valence electrons. The molecule has 0 spiro atoms. The summed E-state index contributed by atoms with van der Waals surface area (Å²) in [5.74, 6) is 2.42. The molecule has 0 amide bonds. The van der Waals surface area contributed by atoms with E-state index in [9.17, 15) is 0 Å². The van der Waals surface area contributed by atoms with Crippen molar-refractivity contribution in [2.45, 2.75) is 12.5 Å². The third-order valence-electron chi connectivity index (χ3n) is 4.65. The Labute approximate surface area is 151 Å². The maximum absolute atomic E-state index is 6.11. The van der Waals surface area contributed by atoms with Gasteiger partial charge in [-0.15, -0.1) is 0 Å². The van der Waals surface area contributed by atoms with Crippen molar-refractivity contribution in [2.24, 2.45) is 10.9 Å². The molecule has 25 heavy (non-hydrogen) atoms. The first-order valence-electron chi connectivity index (χ1n) is 8.28. The number of nitrogens with zero attached hydrogens (tertiary/aromatic N) is 5. The molecule has 0 aliphatic carbocycles. The van der Waals surface area contributed by atoms with Crippen LogP contribution in [0.1, 0.15) is 12.2 Å². The van der Waals surface area contributed by atoms with E-state index < -0.39 is 0 Å². The molecule has 2 atom stereocenters. The maximum Gasteiger partial charge on any atom is 0.216 e. The van der Waals surface area contributed by atoms with Gasteiger partial charge in [-0.25, -0.2) is 15.0 Å². The highest BCUT2D eigenvalue weighted by atomic mass is 35.5. The molecule has 2 aliphatic rings. The number of amidine groups is 1. The Hall–Kier alpha value is -2.41. The summed E-state index contributed by atoms with van der Waals surface area (Å²) in [4.78, 5) is 19.7. The second-order valence-corrected chi connectivity index (χ2v) is 6.58. The zero-order chi connectivity index (χ0) is 17.2. The largest absolute Gasteiger partial charge is 0.481 e. The van der Waals surface area contributed by atoms with Crippen LogP contribution < -0.4 is 15.0 Å². The Balaban J connectivity index is 1.50. The van der Waals surface area contributed by atoms with Crippen molar-refractivity contribution in [3.05, 3.63) is 41.6 Å². The first-order chi connectivity index (χ1) is 12.2. The van der Waals surface area contributed by atoms with Gasteiger partial charge in [-0.1, -0.05) is 11.6 Å². The molecule has 4 rings (SSSR count). The van der Waals surface area contributed by atoms with Gasteiger partial charge in [-0.2, -0.15) is 0 Å². The van der Waals surface area contributed by atoms with Crippen molar-refractivity contribution in [2.75, 3.05) is 31.6 Å². The molecule has 1 saturated heterocycles. The standard InChI is InChI=1S/C17H19ClN6O/c1-25-15-8-12(7-14(18)23-15)24-6-3-13-11(10-24)9-21-17(22-13)16-19-4-2-5-20-16/h2,4-5,7-8,11,13H,3,6,9-10H2,1H3,(H,21,22). The van der Waals surface area contributed by atoms with Crippen LogP contribution in [0.25, 0.3) is 0 Å². The molecule has 0 bridgehead atoms. The Morgan fingerprint density at radius 3 is 2.92 bits per heavy atom. The van der Waals surface area contributed by atoms with Gasteiger partial charge in [-0.3, -0.25) is 4.99 Å². The van der Waals surface area contributed by atoms with E-state index in [2.05, 4.69) is 30.2 Å². The summed E-state index contributed by atoms with van der Waals surface area (Å²) in [5.41, 5.74) is 1.04. The lowest BCUT2D eigenvalue weighted by molar-refractivity contribution is 0.326. The lowest BCUT2D eigenvalue weighted by atomic mass is 9.90. The van der Waals surface area contributed by atoms with E-state index >= 15 is 0 Å². The highest BCUT2D eigenvalue weighted by Crippen LogP contribution is 2.29. The predicted molar refractivity (Wildman–Crippen MR) is 96.5 cm³/mol. The van der Waals surface area contributed by atoms with Crippen molar-refractivity contribution in [3.63, 3.8) is 0 Å². The highest BCUT2D eigenvalue weighted by Gasteiger charge is 2.33. The number of fused-ring (bicyclic) bond motifs is 1. The number of rotatable bonds is 3. The third kappa shape index (κ3) is 3.37. The number of nitrogens with one attached hydrogen (secondary N) is 1. The van der Waals surface area contributed by atoms with E-state index in [1.165, 1.54) is 0 Å². The SMILES string of the molecule is COc1cc(N2CCC3NC(c4ncccn4)=NCC3C2)cc(Cl)n1. The number of aromatic nitrogens is 3. The smallest absolute Gasteiger partial charge is 0.216 e. The number of pyridine rings is 1. The molecule has 0 aromatic carbocycles. The zero-order valence-electron chi connectivity index (χ0n) is 13.9. The van der Waals surface area contributed by atoms with Gasteiger partial charge in [0.05, 0.1) is 7.11 Å². The molecule has 2 unspecified atom stereocenters. The van der Waals surface area contributed by atoms with Gasteiger partial charge in [-0.05, 0) is 18.6 Å². The highest BCUT2D eigenvalue weighted by molar-refractivity contribution is 6.29. The first kappa shape index (κ1) is 16.1. The second kappa shape index (κ2) is 6.84. The van der Waals surface area contributed by atoms with Crippen molar-refractivity contribution in [1.82, 2.24) is 20.3 Å². The van der Waals surface area contributed by atoms with Crippen LogP contribution in [0, 0.1) is 5.92 Å². The zero-order valence-corrected chi connectivity index (χ0v) is 14.6. The lowest BCUT2D eigenvalue weighted by Crippen LogP contribution is -2.55. The predicted octanol–water partition coefficient (Wildman–Crippen LogP) is 1.78. The number of aliphatic imine (C=N–C) groups is 1. The molecule has 0 saturated carbocycles. The molecule has 2 aliphatic heterocycles. The fourth-order valence-electron chi connectivity index (χ4n) is 3.38. The molecule has 8 heteroatoms. The molecule has 0 radical (unpaired) electrons. The van der Waals surface area contributed by atoms with E-state index in [1.807, 2.05) is 18.2 Å². The van der Waals surface area contributed by atoms with Crippen LogP contribution in [0.2, 0.25) is 5.15 Å². The van der Waals surface area contributed by atoms with Crippen LogP contribution in [0.15, 0.2) is 35.6 Å². The van der Waals surface area contributed by atoms with E-state index in [4.69, 9.17) is 16.3 Å². The van der Waals surface area contributed by atoms with Gasteiger partial charge in [0.2, 0.25) is 5.88 Å². The monoisotopic (exact) mass is 358 g/mol. The Kier molecular flexibility index (Phi) is 4.40. The molecule has 7 nitrogen and oxygen atoms in total. The van der Waals surface area contributed by atoms with Crippen LogP contribution in [0.5, 0.6) is 5.88 Å². The average Bonchev–Trinajstić information content (AvgIpc) is 2.67. The molecule has 2 aromatic heterocycles. The molecular formula is C17H19ClN6O. The minimum Gasteiger partial charge on any atom is -0.481 e. The molecule has 1 fully saturated rings. The third-order valence-corrected chi connectivity index (χ3v) is 4.84. The van der Waals surface area contributed by atoms with Gasteiger partial charge >= 0.3 is 0 Å². The van der Waals surface area contributed by atoms with Crippen molar-refractivity contribution in [3.8, 4) is 5.88 Å². The molecule has 4 heterocycles. The van der Waals surface area contributed by atoms with Gasteiger partial charge in [0.25, 0.3) is 0 Å². The fraction of sp³-hybridized carbons (Fsp3) is 0.412. The van der Waals surface area contributed by atoms with Gasteiger partial charge in [0.1, 0.15) is 5.15 Å². The summed E-state index contributed by atoms with van der Waals surface area (Å²) in [6, 6.07) is 6.00. The fourth-order valence-corrected chi connectivity index (χ4v) is 3.57. The van der Waals surface area contributed by atoms with Crippen LogP contribution in [0.3, 0.4) is 0 Å². The normalized spacial score (nSPS) is 22.6. The van der Waals surface area contributed by atoms with Crippen molar-refractivity contribution >= 4 is 23.1 Å². The number of ether oxygens (including phenoxy) is 1. The van der Waals surface area contributed by atoms with Crippen LogP contribution >= 0.6 is 11.6 Å². The van der Waals surface area contributed by atoms with E-state index in [1.54, 1.807) is 19.5 Å². The number of hydrogen-bond donors (Lipinski definition) is 1. The lowest BCUT2D eigenvalue weighted by Gasteiger charge is -2.42. The van der Waals surface area contributed by atoms with Gasteiger partial charge < -0.3 is 15.0 Å². The summed E-state index contributed by atoms with van der Waals surface area (Å²) in [6.45, 7) is 2.60. The molecular weight excluding hydrogens is 340 g/mol. The average molecular weight is 359 g/mol. The van der Waals surface area contributed by atoms with Crippen molar-refractivity contribution < 1.29 is 4.74 Å². The minimum absolute atomic E-state index is 0.381. The van der Waals surface area contributed by atoms with E-state index in [0.717, 1.165) is 37.6 Å². The van der Waals surface area contributed by atoms with Gasteiger partial charge in [0, 0.05) is 55.7 Å². The Bertz CT molecular complexity index is 784.